The van der Waals surface area contributed by atoms with E-state index in [4.69, 9.17) is 4.74 Å². The highest BCUT2D eigenvalue weighted by atomic mass is 127. The Morgan fingerprint density at radius 3 is 2.50 bits per heavy atom. The van der Waals surface area contributed by atoms with Crippen LogP contribution in [0.4, 0.5) is 0 Å². The van der Waals surface area contributed by atoms with Crippen LogP contribution < -0.4 is 10.6 Å². The summed E-state index contributed by atoms with van der Waals surface area (Å²) >= 11 is 0. The second kappa shape index (κ2) is 9.79. The molecule has 0 aromatic carbocycles. The van der Waals surface area contributed by atoms with E-state index < -0.39 is 0 Å². The van der Waals surface area contributed by atoms with Gasteiger partial charge in [0.15, 0.2) is 5.96 Å². The first-order valence-electron chi connectivity index (χ1n) is 8.82. The summed E-state index contributed by atoms with van der Waals surface area (Å²) in [6.07, 6.45) is 7.74. The van der Waals surface area contributed by atoms with Crippen molar-refractivity contribution < 1.29 is 9.53 Å². The SMILES string of the molecule is CCOC1CC(NC(=NC)NCC(=O)N(C)C)C12CCCCC2.I. The maximum Gasteiger partial charge on any atom is 0.241 e. The summed E-state index contributed by atoms with van der Waals surface area (Å²) < 4.78 is 5.99. The zero-order chi connectivity index (χ0) is 16.9. The Bertz CT molecular complexity index is 436. The van der Waals surface area contributed by atoms with Crippen LogP contribution in [-0.2, 0) is 9.53 Å². The van der Waals surface area contributed by atoms with Gasteiger partial charge in [0.05, 0.1) is 12.6 Å². The first kappa shape index (κ1) is 21.5. The highest BCUT2D eigenvalue weighted by molar-refractivity contribution is 14.0. The van der Waals surface area contributed by atoms with Crippen LogP contribution in [0.15, 0.2) is 4.99 Å². The molecular weight excluding hydrogens is 419 g/mol. The van der Waals surface area contributed by atoms with Crippen LogP contribution in [-0.4, -0.2) is 63.2 Å². The van der Waals surface area contributed by atoms with Gasteiger partial charge in [-0.25, -0.2) is 0 Å². The fourth-order valence-electron chi connectivity index (χ4n) is 3.94. The van der Waals surface area contributed by atoms with E-state index in [9.17, 15) is 4.79 Å². The van der Waals surface area contributed by atoms with Gasteiger partial charge in [0.25, 0.3) is 0 Å². The lowest BCUT2D eigenvalue weighted by Crippen LogP contribution is -2.66. The molecule has 0 aliphatic heterocycles. The van der Waals surface area contributed by atoms with E-state index in [1.165, 1.54) is 32.1 Å². The number of hydrogen-bond donors (Lipinski definition) is 2. The Balaban J connectivity index is 0.00000288. The molecule has 24 heavy (non-hydrogen) atoms. The van der Waals surface area contributed by atoms with Gasteiger partial charge in [-0.05, 0) is 26.2 Å². The number of hydrogen-bond acceptors (Lipinski definition) is 3. The molecule has 2 atom stereocenters. The van der Waals surface area contributed by atoms with Gasteiger partial charge in [-0.3, -0.25) is 9.79 Å². The zero-order valence-electron chi connectivity index (χ0n) is 15.4. The summed E-state index contributed by atoms with van der Waals surface area (Å²) in [6.45, 7) is 3.12. The van der Waals surface area contributed by atoms with Crippen molar-refractivity contribution in [2.24, 2.45) is 10.4 Å². The molecule has 1 amide bonds. The minimum atomic E-state index is 0. The second-order valence-electron chi connectivity index (χ2n) is 6.88. The van der Waals surface area contributed by atoms with E-state index in [2.05, 4.69) is 22.5 Å². The Labute approximate surface area is 163 Å². The number of aliphatic imine (C=N–C) groups is 1. The lowest BCUT2D eigenvalue weighted by molar-refractivity contribution is -0.145. The maximum absolute atomic E-state index is 11.7. The van der Waals surface area contributed by atoms with Gasteiger partial charge in [0, 0.05) is 39.2 Å². The minimum Gasteiger partial charge on any atom is -0.378 e. The van der Waals surface area contributed by atoms with Gasteiger partial charge in [-0.1, -0.05) is 19.3 Å². The smallest absolute Gasteiger partial charge is 0.241 e. The number of likely N-dealkylation sites (N-methyl/N-ethyl adjacent to an activating group) is 1. The molecule has 0 saturated heterocycles. The van der Waals surface area contributed by atoms with Gasteiger partial charge < -0.3 is 20.3 Å². The predicted octanol–water partition coefficient (Wildman–Crippen LogP) is 1.99. The van der Waals surface area contributed by atoms with E-state index in [1.807, 2.05) is 0 Å². The molecule has 2 fully saturated rings. The highest BCUT2D eigenvalue weighted by Crippen LogP contribution is 2.53. The zero-order valence-corrected chi connectivity index (χ0v) is 17.8. The molecule has 0 aromatic rings. The number of amides is 1. The van der Waals surface area contributed by atoms with Gasteiger partial charge in [-0.15, -0.1) is 24.0 Å². The van der Waals surface area contributed by atoms with Crippen molar-refractivity contribution in [3.05, 3.63) is 0 Å². The summed E-state index contributed by atoms with van der Waals surface area (Å²) in [4.78, 5) is 17.6. The molecule has 2 aliphatic carbocycles. The average molecular weight is 452 g/mol. The van der Waals surface area contributed by atoms with Crippen LogP contribution in [0.3, 0.4) is 0 Å². The first-order chi connectivity index (χ1) is 11.0. The Morgan fingerprint density at radius 2 is 1.96 bits per heavy atom. The van der Waals surface area contributed by atoms with Crippen LogP contribution in [0.1, 0.15) is 45.4 Å². The van der Waals surface area contributed by atoms with Gasteiger partial charge in [0.1, 0.15) is 0 Å². The number of carbonyl (C=O) groups excluding carboxylic acids is 1. The number of rotatable bonds is 5. The van der Waals surface area contributed by atoms with Crippen molar-refractivity contribution in [3.63, 3.8) is 0 Å². The minimum absolute atomic E-state index is 0. The summed E-state index contributed by atoms with van der Waals surface area (Å²) in [7, 11) is 5.27. The maximum atomic E-state index is 11.7. The van der Waals surface area contributed by atoms with Crippen LogP contribution in [0.25, 0.3) is 0 Å². The summed E-state index contributed by atoms with van der Waals surface area (Å²) in [6, 6.07) is 0.389. The Kier molecular flexibility index (Phi) is 8.76. The highest BCUT2D eigenvalue weighted by Gasteiger charge is 2.55. The summed E-state index contributed by atoms with van der Waals surface area (Å²) in [5.41, 5.74) is 0.247. The third kappa shape index (κ3) is 4.74. The third-order valence-electron chi connectivity index (χ3n) is 5.38. The van der Waals surface area contributed by atoms with Crippen molar-refractivity contribution in [3.8, 4) is 0 Å². The van der Waals surface area contributed by atoms with Crippen LogP contribution >= 0.6 is 24.0 Å². The van der Waals surface area contributed by atoms with Crippen molar-refractivity contribution in [1.29, 1.82) is 0 Å². The summed E-state index contributed by atoms with van der Waals surface area (Å²) in [5, 5.41) is 6.66. The van der Waals surface area contributed by atoms with Crippen molar-refractivity contribution >= 4 is 35.8 Å². The molecule has 2 unspecified atom stereocenters. The quantitative estimate of drug-likeness (QED) is 0.381. The molecule has 6 nitrogen and oxygen atoms in total. The largest absolute Gasteiger partial charge is 0.378 e. The lowest BCUT2D eigenvalue weighted by Gasteiger charge is -2.57. The van der Waals surface area contributed by atoms with Crippen LogP contribution in [0, 0.1) is 5.41 Å². The fourth-order valence-corrected chi connectivity index (χ4v) is 3.94. The van der Waals surface area contributed by atoms with E-state index in [1.54, 1.807) is 26.0 Å². The first-order valence-corrected chi connectivity index (χ1v) is 8.82. The van der Waals surface area contributed by atoms with E-state index in [0.29, 0.717) is 18.1 Å². The van der Waals surface area contributed by atoms with Crippen molar-refractivity contribution in [1.82, 2.24) is 15.5 Å². The number of halogens is 1. The molecular formula is C17H33IN4O2. The molecule has 2 N–H and O–H groups in total. The van der Waals surface area contributed by atoms with Gasteiger partial charge in [0.2, 0.25) is 5.91 Å². The summed E-state index contributed by atoms with van der Waals surface area (Å²) in [5.74, 6) is 0.756. The predicted molar refractivity (Wildman–Crippen MR) is 108 cm³/mol. The third-order valence-corrected chi connectivity index (χ3v) is 5.38. The lowest BCUT2D eigenvalue weighted by atomic mass is 9.55. The van der Waals surface area contributed by atoms with Crippen molar-refractivity contribution in [2.75, 3.05) is 34.3 Å². The number of ether oxygens (including phenoxy) is 1. The van der Waals surface area contributed by atoms with Crippen LogP contribution in [0.5, 0.6) is 0 Å². The number of nitrogens with one attached hydrogen (secondary N) is 2. The molecule has 0 heterocycles. The van der Waals surface area contributed by atoms with E-state index >= 15 is 0 Å². The van der Waals surface area contributed by atoms with Crippen LogP contribution in [0.2, 0.25) is 0 Å². The fraction of sp³-hybridized carbons (Fsp3) is 0.882. The molecule has 0 aromatic heterocycles. The van der Waals surface area contributed by atoms with Gasteiger partial charge >= 0.3 is 0 Å². The topological polar surface area (TPSA) is 66.0 Å². The molecule has 2 saturated carbocycles. The van der Waals surface area contributed by atoms with E-state index in [-0.39, 0.29) is 41.8 Å². The average Bonchev–Trinajstić information content (AvgIpc) is 2.57. The normalized spacial score (nSPS) is 25.4. The molecule has 2 rings (SSSR count). The molecule has 0 radical (unpaired) electrons. The van der Waals surface area contributed by atoms with Crippen molar-refractivity contribution in [2.45, 2.75) is 57.6 Å². The Morgan fingerprint density at radius 1 is 1.29 bits per heavy atom. The molecule has 2 aliphatic rings. The molecule has 7 heteroatoms. The number of carbonyl (C=O) groups is 1. The molecule has 1 spiro atoms. The Hall–Kier alpha value is -0.570. The van der Waals surface area contributed by atoms with Gasteiger partial charge in [-0.2, -0.15) is 0 Å². The monoisotopic (exact) mass is 452 g/mol. The molecule has 140 valence electrons. The van der Waals surface area contributed by atoms with E-state index in [0.717, 1.165) is 13.0 Å². The second-order valence-corrected chi connectivity index (χ2v) is 6.88. The number of guanidine groups is 1. The standard InChI is InChI=1S/C17H32N4O2.HI/c1-5-23-14-11-13(17(14)9-7-6-8-10-17)20-16(18-2)19-12-15(22)21(3)4;/h13-14H,5-12H2,1-4H3,(H2,18,19,20);1H. The molecule has 0 bridgehead atoms. The number of nitrogens with zero attached hydrogens (tertiary/aromatic N) is 2.